The first kappa shape index (κ1) is 9.76. The molecule has 14 heavy (non-hydrogen) atoms. The predicted octanol–water partition coefficient (Wildman–Crippen LogP) is 1.18. The Bertz CT molecular complexity index is 344. The maximum atomic E-state index is 5.47. The third-order valence-electron chi connectivity index (χ3n) is 1.96. The van der Waals surface area contributed by atoms with Crippen LogP contribution < -0.4 is 20.7 Å². The number of hydrogen-bond acceptors (Lipinski definition) is 4. The van der Waals surface area contributed by atoms with Crippen molar-refractivity contribution < 1.29 is 9.47 Å². The van der Waals surface area contributed by atoms with E-state index >= 15 is 0 Å². The summed E-state index contributed by atoms with van der Waals surface area (Å²) in [6.45, 7) is 1.80. The lowest BCUT2D eigenvalue weighted by atomic mass is 10.2. The first-order valence-corrected chi connectivity index (χ1v) is 5.12. The molecule has 0 aliphatic carbocycles. The number of fused-ring (bicyclic) bond motifs is 1. The molecule has 0 fully saturated rings. The second kappa shape index (κ2) is 4.16. The van der Waals surface area contributed by atoms with Gasteiger partial charge in [0.1, 0.15) is 13.2 Å². The van der Waals surface area contributed by atoms with Crippen LogP contribution in [0.5, 0.6) is 11.5 Å². The van der Waals surface area contributed by atoms with Crippen LogP contribution in [0.25, 0.3) is 0 Å². The lowest BCUT2D eigenvalue weighted by Crippen LogP contribution is -2.21. The zero-order valence-corrected chi connectivity index (χ0v) is 9.13. The maximum Gasteiger partial charge on any atom is 0.175 e. The van der Waals surface area contributed by atoms with Crippen molar-refractivity contribution in [1.82, 2.24) is 5.43 Å². The van der Waals surface area contributed by atoms with Gasteiger partial charge >= 0.3 is 0 Å². The van der Waals surface area contributed by atoms with Crippen molar-refractivity contribution in [2.24, 2.45) is 5.84 Å². The molecule has 1 aromatic rings. The number of nitrogens with two attached hydrogens (primary N) is 1. The summed E-state index contributed by atoms with van der Waals surface area (Å²) in [6, 6.07) is 3.90. The Morgan fingerprint density at radius 3 is 2.93 bits per heavy atom. The molecule has 0 atom stereocenters. The van der Waals surface area contributed by atoms with Gasteiger partial charge in [-0.1, -0.05) is 0 Å². The van der Waals surface area contributed by atoms with Crippen molar-refractivity contribution in [3.63, 3.8) is 0 Å². The number of ether oxygens (including phenoxy) is 2. The quantitative estimate of drug-likeness (QED) is 0.618. The van der Waals surface area contributed by atoms with Crippen LogP contribution in [0.2, 0.25) is 0 Å². The average molecular weight is 259 g/mol. The van der Waals surface area contributed by atoms with E-state index in [1.165, 1.54) is 0 Å². The van der Waals surface area contributed by atoms with E-state index < -0.39 is 0 Å². The molecule has 0 amide bonds. The van der Waals surface area contributed by atoms with Crippen LogP contribution in [-0.4, -0.2) is 13.2 Å². The van der Waals surface area contributed by atoms with Gasteiger partial charge in [-0.3, -0.25) is 11.3 Å². The molecule has 76 valence electrons. The van der Waals surface area contributed by atoms with Crippen LogP contribution in [0, 0.1) is 0 Å². The number of nitrogens with one attached hydrogen (secondary N) is 1. The first-order valence-electron chi connectivity index (χ1n) is 4.33. The van der Waals surface area contributed by atoms with Gasteiger partial charge < -0.3 is 9.47 Å². The third kappa shape index (κ3) is 1.84. The fourth-order valence-corrected chi connectivity index (χ4v) is 1.99. The van der Waals surface area contributed by atoms with Gasteiger partial charge in [-0.15, -0.1) is 0 Å². The molecule has 0 saturated heterocycles. The molecule has 0 unspecified atom stereocenters. The topological polar surface area (TPSA) is 56.5 Å². The molecule has 1 aliphatic heterocycles. The molecular weight excluding hydrogens is 248 g/mol. The molecule has 1 aromatic carbocycles. The van der Waals surface area contributed by atoms with E-state index in [0.29, 0.717) is 19.8 Å². The first-order chi connectivity index (χ1) is 6.81. The summed E-state index contributed by atoms with van der Waals surface area (Å²) in [6.07, 6.45) is 0. The Morgan fingerprint density at radius 1 is 1.36 bits per heavy atom. The normalized spacial score (nSPS) is 14.1. The highest BCUT2D eigenvalue weighted by atomic mass is 79.9. The molecular formula is C9H11BrN2O2. The van der Waals surface area contributed by atoms with E-state index in [9.17, 15) is 0 Å². The Hall–Kier alpha value is -0.780. The molecule has 3 N–H and O–H groups in total. The molecule has 5 heteroatoms. The van der Waals surface area contributed by atoms with Gasteiger partial charge in [0.05, 0.1) is 4.47 Å². The van der Waals surface area contributed by atoms with Crippen molar-refractivity contribution in [3.8, 4) is 11.5 Å². The highest BCUT2D eigenvalue weighted by molar-refractivity contribution is 9.10. The van der Waals surface area contributed by atoms with Crippen LogP contribution in [0.3, 0.4) is 0 Å². The summed E-state index contributed by atoms with van der Waals surface area (Å²) >= 11 is 3.43. The fraction of sp³-hybridized carbons (Fsp3) is 0.333. The summed E-state index contributed by atoms with van der Waals surface area (Å²) in [7, 11) is 0. The molecule has 1 aliphatic rings. The van der Waals surface area contributed by atoms with Crippen LogP contribution >= 0.6 is 15.9 Å². The Balaban J connectivity index is 2.36. The number of hydrazine groups is 1. The van der Waals surface area contributed by atoms with Gasteiger partial charge in [0.15, 0.2) is 11.5 Å². The minimum Gasteiger partial charge on any atom is -0.486 e. The summed E-state index contributed by atoms with van der Waals surface area (Å²) in [5, 5.41) is 0. The van der Waals surface area contributed by atoms with Crippen LogP contribution in [0.1, 0.15) is 5.56 Å². The van der Waals surface area contributed by atoms with Crippen molar-refractivity contribution in [1.29, 1.82) is 0 Å². The third-order valence-corrected chi connectivity index (χ3v) is 2.55. The molecule has 0 spiro atoms. The lowest BCUT2D eigenvalue weighted by Gasteiger charge is -2.20. The monoisotopic (exact) mass is 258 g/mol. The summed E-state index contributed by atoms with van der Waals surface area (Å²) in [5.41, 5.74) is 3.66. The number of rotatable bonds is 2. The van der Waals surface area contributed by atoms with E-state index in [-0.39, 0.29) is 0 Å². The summed E-state index contributed by atoms with van der Waals surface area (Å²) in [4.78, 5) is 0. The van der Waals surface area contributed by atoms with E-state index in [2.05, 4.69) is 21.4 Å². The van der Waals surface area contributed by atoms with Gasteiger partial charge in [-0.05, 0) is 33.6 Å². The molecule has 0 bridgehead atoms. The minimum atomic E-state index is 0.596. The maximum absolute atomic E-state index is 5.47. The number of hydrogen-bond donors (Lipinski definition) is 2. The van der Waals surface area contributed by atoms with Crippen molar-refractivity contribution in [2.75, 3.05) is 13.2 Å². The smallest absolute Gasteiger partial charge is 0.175 e. The van der Waals surface area contributed by atoms with Crippen LogP contribution in [-0.2, 0) is 6.54 Å². The Labute approximate surface area is 90.5 Å². The van der Waals surface area contributed by atoms with E-state index in [4.69, 9.17) is 15.3 Å². The van der Waals surface area contributed by atoms with E-state index in [1.807, 2.05) is 12.1 Å². The zero-order chi connectivity index (χ0) is 9.97. The lowest BCUT2D eigenvalue weighted by molar-refractivity contribution is 0.170. The van der Waals surface area contributed by atoms with Crippen LogP contribution in [0.4, 0.5) is 0 Å². The Morgan fingerprint density at radius 2 is 2.14 bits per heavy atom. The number of halogens is 1. The summed E-state index contributed by atoms with van der Waals surface area (Å²) in [5.74, 6) is 6.80. The van der Waals surface area contributed by atoms with E-state index in [0.717, 1.165) is 21.5 Å². The highest BCUT2D eigenvalue weighted by Gasteiger charge is 2.15. The van der Waals surface area contributed by atoms with Crippen LogP contribution in [0.15, 0.2) is 16.6 Å². The van der Waals surface area contributed by atoms with Crippen molar-refractivity contribution >= 4 is 15.9 Å². The largest absolute Gasteiger partial charge is 0.486 e. The van der Waals surface area contributed by atoms with Gasteiger partial charge in [-0.2, -0.15) is 0 Å². The van der Waals surface area contributed by atoms with Gasteiger partial charge in [0.25, 0.3) is 0 Å². The average Bonchev–Trinajstić information content (AvgIpc) is 2.18. The van der Waals surface area contributed by atoms with E-state index in [1.54, 1.807) is 0 Å². The van der Waals surface area contributed by atoms with Gasteiger partial charge in [0.2, 0.25) is 0 Å². The molecule has 0 radical (unpaired) electrons. The zero-order valence-electron chi connectivity index (χ0n) is 7.55. The minimum absolute atomic E-state index is 0.596. The van der Waals surface area contributed by atoms with Gasteiger partial charge in [-0.25, -0.2) is 0 Å². The van der Waals surface area contributed by atoms with Crippen molar-refractivity contribution in [2.45, 2.75) is 6.54 Å². The second-order valence-electron chi connectivity index (χ2n) is 2.98. The highest BCUT2D eigenvalue weighted by Crippen LogP contribution is 2.38. The SMILES string of the molecule is NNCc1cc(Br)c2c(c1)OCCO2. The predicted molar refractivity (Wildman–Crippen MR) is 56.2 cm³/mol. The molecule has 4 nitrogen and oxygen atoms in total. The summed E-state index contributed by atoms with van der Waals surface area (Å²) < 4.78 is 11.8. The molecule has 0 saturated carbocycles. The standard InChI is InChI=1S/C9H11BrN2O2/c10-7-3-6(5-12-11)4-8-9(7)14-2-1-13-8/h3-4,12H,1-2,5,11H2. The number of benzene rings is 1. The Kier molecular flexibility index (Phi) is 2.90. The molecule has 0 aromatic heterocycles. The van der Waals surface area contributed by atoms with Crippen molar-refractivity contribution in [3.05, 3.63) is 22.2 Å². The molecule has 1 heterocycles. The second-order valence-corrected chi connectivity index (χ2v) is 3.84. The molecule has 2 rings (SSSR count). The fourth-order valence-electron chi connectivity index (χ4n) is 1.38. The van der Waals surface area contributed by atoms with Gasteiger partial charge in [0, 0.05) is 6.54 Å².